The summed E-state index contributed by atoms with van der Waals surface area (Å²) in [5.74, 6) is -0.337. The summed E-state index contributed by atoms with van der Waals surface area (Å²) in [4.78, 5) is 12.6. The number of carbonyl (C=O) groups is 1. The van der Waals surface area contributed by atoms with E-state index in [4.69, 9.17) is 40.5 Å². The van der Waals surface area contributed by atoms with Crippen molar-refractivity contribution in [3.05, 3.63) is 60.7 Å². The van der Waals surface area contributed by atoms with Crippen LogP contribution in [0.1, 0.15) is 34.0 Å². The number of nitrogens with two attached hydrogens (primary N) is 1. The highest BCUT2D eigenvalue weighted by molar-refractivity contribution is 7.91. The Morgan fingerprint density at radius 2 is 2.03 bits per heavy atom. The zero-order valence-corrected chi connectivity index (χ0v) is 19.3. The Bertz CT molecular complexity index is 1080. The average Bonchev–Trinajstić information content (AvgIpc) is 3.02. The Labute approximate surface area is 188 Å². The number of halogens is 3. The second-order valence-electron chi connectivity index (χ2n) is 6.94. The highest BCUT2D eigenvalue weighted by Gasteiger charge is 2.27. The zero-order chi connectivity index (χ0) is 21.3. The van der Waals surface area contributed by atoms with Crippen LogP contribution < -0.4 is 11.1 Å². The molecule has 0 aliphatic heterocycles. The molecule has 0 radical (unpaired) electrons. The summed E-state index contributed by atoms with van der Waals surface area (Å²) in [6, 6.07) is 5.26. The van der Waals surface area contributed by atoms with Gasteiger partial charge in [0, 0.05) is 40.2 Å². The van der Waals surface area contributed by atoms with E-state index in [0.717, 1.165) is 28.7 Å². The van der Waals surface area contributed by atoms with Crippen molar-refractivity contribution >= 4 is 61.9 Å². The normalized spacial score (nSPS) is 19.7. The summed E-state index contributed by atoms with van der Waals surface area (Å²) in [6.45, 7) is 0.316. The number of hydrogen-bond acceptors (Lipinski definition) is 5. The smallest absolute Gasteiger partial charge is 0.263 e. The topological polar surface area (TPSA) is 89.3 Å². The Morgan fingerprint density at radius 1 is 1.31 bits per heavy atom. The summed E-state index contributed by atoms with van der Waals surface area (Å²) in [6.07, 6.45) is 4.42. The fraction of sp³-hybridized carbons (Fsp3) is 0.316. The van der Waals surface area contributed by atoms with E-state index in [1.165, 1.54) is 5.38 Å². The number of thiophene rings is 1. The quantitative estimate of drug-likeness (QED) is 0.592. The molecule has 29 heavy (non-hydrogen) atoms. The number of rotatable bonds is 5. The minimum absolute atomic E-state index is 0.0316. The molecule has 0 spiro atoms. The van der Waals surface area contributed by atoms with Crippen molar-refractivity contribution in [2.45, 2.75) is 29.7 Å². The van der Waals surface area contributed by atoms with E-state index in [-0.39, 0.29) is 26.8 Å². The van der Waals surface area contributed by atoms with Gasteiger partial charge in [0.2, 0.25) is 0 Å². The summed E-state index contributed by atoms with van der Waals surface area (Å²) < 4.78 is 23.3. The third-order valence-corrected chi connectivity index (χ3v) is 8.25. The molecule has 2 aromatic rings. The summed E-state index contributed by atoms with van der Waals surface area (Å²) in [5, 5.41) is 5.30. The van der Waals surface area contributed by atoms with Gasteiger partial charge in [0.25, 0.3) is 5.91 Å². The molecule has 3 rings (SSSR count). The van der Waals surface area contributed by atoms with Gasteiger partial charge in [-0.1, -0.05) is 52.5 Å². The second kappa shape index (κ2) is 8.96. The van der Waals surface area contributed by atoms with Gasteiger partial charge in [-0.2, -0.15) is 0 Å². The van der Waals surface area contributed by atoms with E-state index in [9.17, 15) is 13.2 Å². The molecule has 0 saturated heterocycles. The van der Waals surface area contributed by atoms with Crippen LogP contribution in [0.2, 0.25) is 15.1 Å². The van der Waals surface area contributed by atoms with Gasteiger partial charge in [0.05, 0.1) is 9.92 Å². The van der Waals surface area contributed by atoms with E-state index in [2.05, 4.69) is 11.4 Å². The van der Waals surface area contributed by atoms with Crippen molar-refractivity contribution in [2.75, 3.05) is 12.8 Å². The molecule has 2 atom stereocenters. The van der Waals surface area contributed by atoms with Gasteiger partial charge >= 0.3 is 0 Å². The molecule has 1 aromatic carbocycles. The molecule has 1 aliphatic rings. The molecule has 1 aliphatic carbocycles. The number of sulfone groups is 1. The predicted octanol–water partition coefficient (Wildman–Crippen LogP) is 4.67. The lowest BCUT2D eigenvalue weighted by Gasteiger charge is -2.29. The lowest BCUT2D eigenvalue weighted by molar-refractivity contribution is 0.0960. The van der Waals surface area contributed by atoms with E-state index in [0.29, 0.717) is 29.4 Å². The minimum atomic E-state index is -3.48. The lowest BCUT2D eigenvalue weighted by Crippen LogP contribution is -2.34. The van der Waals surface area contributed by atoms with E-state index < -0.39 is 15.7 Å². The van der Waals surface area contributed by atoms with Crippen LogP contribution in [0.5, 0.6) is 0 Å². The zero-order valence-electron chi connectivity index (χ0n) is 15.4. The monoisotopic (exact) mass is 492 g/mol. The van der Waals surface area contributed by atoms with Crippen LogP contribution in [-0.2, 0) is 9.84 Å². The molecule has 0 bridgehead atoms. The van der Waals surface area contributed by atoms with Crippen LogP contribution in [-0.4, -0.2) is 33.2 Å². The van der Waals surface area contributed by atoms with Crippen LogP contribution in [0.3, 0.4) is 0 Å². The number of nitrogens with one attached hydrogen (secondary N) is 1. The highest BCUT2D eigenvalue weighted by atomic mass is 35.5. The summed E-state index contributed by atoms with van der Waals surface area (Å²) in [7, 11) is -3.48. The number of carbonyl (C=O) groups excluding carboxylic acids is 1. The van der Waals surface area contributed by atoms with Gasteiger partial charge in [-0.25, -0.2) is 8.42 Å². The number of hydrogen-bond donors (Lipinski definition) is 2. The lowest BCUT2D eigenvalue weighted by atomic mass is 9.81. The first kappa shape index (κ1) is 22.6. The number of amides is 1. The third kappa shape index (κ3) is 5.16. The van der Waals surface area contributed by atoms with Crippen molar-refractivity contribution in [3.63, 3.8) is 0 Å². The largest absolute Gasteiger partial charge is 0.348 e. The average molecular weight is 494 g/mol. The first-order chi connectivity index (χ1) is 13.6. The molecule has 156 valence electrons. The third-order valence-electron chi connectivity index (χ3n) is 4.82. The molecule has 0 saturated carbocycles. The Kier molecular flexibility index (Phi) is 6.98. The van der Waals surface area contributed by atoms with Crippen LogP contribution >= 0.6 is 46.1 Å². The molecule has 10 heteroatoms. The standard InChI is InChI=1S/C19H19Cl3N2O3S2/c1-29(26,27)16-9-28-18(17(16)22)19(25)24-8-10-2-4-13(15(23)6-10)12-5-3-11(20)7-14(12)21/h2-3,5,7,9,13,15H,4,6,8,23H2,1H3,(H,24,25). The number of benzene rings is 1. The Balaban J connectivity index is 1.66. The van der Waals surface area contributed by atoms with E-state index in [1.807, 2.05) is 6.07 Å². The minimum Gasteiger partial charge on any atom is -0.348 e. The maximum Gasteiger partial charge on any atom is 0.263 e. The maximum atomic E-state index is 12.4. The first-order valence-corrected chi connectivity index (χ1v) is 12.6. The first-order valence-electron chi connectivity index (χ1n) is 8.71. The fourth-order valence-electron chi connectivity index (χ4n) is 3.31. The molecule has 2 unspecified atom stereocenters. The summed E-state index contributed by atoms with van der Waals surface area (Å²) >= 11 is 19.4. The molecular weight excluding hydrogens is 475 g/mol. The van der Waals surface area contributed by atoms with Crippen molar-refractivity contribution in [2.24, 2.45) is 5.73 Å². The van der Waals surface area contributed by atoms with Crippen LogP contribution in [0.15, 0.2) is 40.1 Å². The van der Waals surface area contributed by atoms with E-state index in [1.54, 1.807) is 12.1 Å². The summed E-state index contributed by atoms with van der Waals surface area (Å²) in [5.41, 5.74) is 8.33. The fourth-order valence-corrected chi connectivity index (χ4v) is 6.69. The molecule has 5 nitrogen and oxygen atoms in total. The Morgan fingerprint density at radius 3 is 2.62 bits per heavy atom. The second-order valence-corrected chi connectivity index (χ2v) is 11.0. The van der Waals surface area contributed by atoms with E-state index >= 15 is 0 Å². The molecular formula is C19H19Cl3N2O3S2. The molecule has 1 aromatic heterocycles. The molecule has 3 N–H and O–H groups in total. The molecule has 1 heterocycles. The van der Waals surface area contributed by atoms with Crippen molar-refractivity contribution < 1.29 is 13.2 Å². The van der Waals surface area contributed by atoms with Crippen molar-refractivity contribution in [1.82, 2.24) is 5.32 Å². The predicted molar refractivity (Wildman–Crippen MR) is 119 cm³/mol. The van der Waals surface area contributed by atoms with Gasteiger partial charge in [-0.15, -0.1) is 11.3 Å². The van der Waals surface area contributed by atoms with Gasteiger partial charge < -0.3 is 11.1 Å². The maximum absolute atomic E-state index is 12.4. The van der Waals surface area contributed by atoms with Crippen LogP contribution in [0, 0.1) is 0 Å². The highest BCUT2D eigenvalue weighted by Crippen LogP contribution is 2.36. The van der Waals surface area contributed by atoms with Crippen LogP contribution in [0.4, 0.5) is 0 Å². The molecule has 0 fully saturated rings. The van der Waals surface area contributed by atoms with Crippen molar-refractivity contribution in [3.8, 4) is 0 Å². The van der Waals surface area contributed by atoms with Gasteiger partial charge in [-0.3, -0.25) is 4.79 Å². The number of allylic oxidation sites excluding steroid dienone is 1. The van der Waals surface area contributed by atoms with Crippen LogP contribution in [0.25, 0.3) is 0 Å². The Hall–Kier alpha value is -1.09. The van der Waals surface area contributed by atoms with Gasteiger partial charge in [0.1, 0.15) is 4.88 Å². The SMILES string of the molecule is CS(=O)(=O)c1csc(C(=O)NCC2=CCC(c3ccc(Cl)cc3Cl)C(N)C2)c1Cl. The van der Waals surface area contributed by atoms with Crippen molar-refractivity contribution in [1.29, 1.82) is 0 Å². The van der Waals surface area contributed by atoms with Gasteiger partial charge in [-0.05, 0) is 30.5 Å². The van der Waals surface area contributed by atoms with Gasteiger partial charge in [0.15, 0.2) is 9.84 Å². The molecule has 1 amide bonds.